The first kappa shape index (κ1) is 13.8. The van der Waals surface area contributed by atoms with Gasteiger partial charge in [0.05, 0.1) is 0 Å². The third-order valence-corrected chi connectivity index (χ3v) is 3.69. The lowest BCUT2D eigenvalue weighted by Gasteiger charge is -2.15. The number of pyridine rings is 1. The molecule has 2 nitrogen and oxygen atoms in total. The fraction of sp³-hybridized carbons (Fsp3) is 0.353. The molecule has 19 heavy (non-hydrogen) atoms. The van der Waals surface area contributed by atoms with Crippen molar-refractivity contribution in [2.45, 2.75) is 40.2 Å². The fourth-order valence-electron chi connectivity index (χ4n) is 2.38. The largest absolute Gasteiger partial charge is 0.324 e. The van der Waals surface area contributed by atoms with Gasteiger partial charge < -0.3 is 5.73 Å². The maximum atomic E-state index is 6.33. The van der Waals surface area contributed by atoms with Crippen molar-refractivity contribution in [2.75, 3.05) is 0 Å². The van der Waals surface area contributed by atoms with Gasteiger partial charge in [0.2, 0.25) is 0 Å². The van der Waals surface area contributed by atoms with E-state index in [9.17, 15) is 0 Å². The summed E-state index contributed by atoms with van der Waals surface area (Å²) in [4.78, 5) is 4.49. The molecule has 1 unspecified atom stereocenters. The number of aryl methyl sites for hydroxylation is 4. The van der Waals surface area contributed by atoms with E-state index >= 15 is 0 Å². The summed E-state index contributed by atoms with van der Waals surface area (Å²) < 4.78 is 0. The van der Waals surface area contributed by atoms with Crippen LogP contribution in [-0.4, -0.2) is 4.98 Å². The summed E-state index contributed by atoms with van der Waals surface area (Å²) in [5, 5.41) is 0. The molecule has 0 aliphatic rings. The molecule has 1 aromatic carbocycles. The minimum Gasteiger partial charge on any atom is -0.324 e. The first-order valence-electron chi connectivity index (χ1n) is 6.73. The van der Waals surface area contributed by atoms with Gasteiger partial charge in [-0.3, -0.25) is 4.98 Å². The first-order chi connectivity index (χ1) is 8.97. The Kier molecular flexibility index (Phi) is 4.01. The third kappa shape index (κ3) is 3.21. The molecule has 0 saturated heterocycles. The highest BCUT2D eigenvalue weighted by atomic mass is 14.7. The van der Waals surface area contributed by atoms with E-state index in [2.05, 4.69) is 43.1 Å². The lowest BCUT2D eigenvalue weighted by Crippen LogP contribution is -2.15. The number of nitrogens with two attached hydrogens (primary N) is 1. The zero-order chi connectivity index (χ0) is 14.0. The molecule has 0 bridgehead atoms. The van der Waals surface area contributed by atoms with Crippen LogP contribution in [0.5, 0.6) is 0 Å². The molecule has 0 aliphatic heterocycles. The third-order valence-electron chi connectivity index (χ3n) is 3.69. The number of benzene rings is 1. The highest BCUT2D eigenvalue weighted by molar-refractivity contribution is 5.32. The van der Waals surface area contributed by atoms with E-state index in [1.165, 1.54) is 16.7 Å². The second kappa shape index (κ2) is 5.54. The Balaban J connectivity index is 2.20. The van der Waals surface area contributed by atoms with Gasteiger partial charge in [-0.05, 0) is 62.4 Å². The Morgan fingerprint density at radius 2 is 1.74 bits per heavy atom. The van der Waals surface area contributed by atoms with Gasteiger partial charge in [0.15, 0.2) is 0 Å². The molecule has 0 amide bonds. The number of rotatable bonds is 3. The van der Waals surface area contributed by atoms with Gasteiger partial charge in [-0.25, -0.2) is 0 Å². The maximum Gasteiger partial charge on any atom is 0.0423 e. The van der Waals surface area contributed by atoms with Crippen molar-refractivity contribution in [1.29, 1.82) is 0 Å². The fourth-order valence-corrected chi connectivity index (χ4v) is 2.38. The Labute approximate surface area is 115 Å². The Bertz CT molecular complexity index is 588. The highest BCUT2D eigenvalue weighted by Crippen LogP contribution is 2.20. The Hall–Kier alpha value is -1.67. The Morgan fingerprint density at radius 1 is 1.00 bits per heavy atom. The van der Waals surface area contributed by atoms with Crippen LogP contribution >= 0.6 is 0 Å². The van der Waals surface area contributed by atoms with Crippen molar-refractivity contribution < 1.29 is 0 Å². The van der Waals surface area contributed by atoms with Gasteiger partial charge >= 0.3 is 0 Å². The van der Waals surface area contributed by atoms with Crippen LogP contribution in [0.1, 0.15) is 39.7 Å². The van der Waals surface area contributed by atoms with Crippen LogP contribution in [0.2, 0.25) is 0 Å². The summed E-state index contributed by atoms with van der Waals surface area (Å²) in [6, 6.07) is 10.7. The van der Waals surface area contributed by atoms with Crippen LogP contribution in [0.4, 0.5) is 0 Å². The van der Waals surface area contributed by atoms with Crippen LogP contribution < -0.4 is 5.73 Å². The molecule has 2 heteroatoms. The molecular formula is C17H22N2. The van der Waals surface area contributed by atoms with Gasteiger partial charge in [-0.15, -0.1) is 0 Å². The molecule has 1 aromatic heterocycles. The quantitative estimate of drug-likeness (QED) is 0.909. The van der Waals surface area contributed by atoms with Gasteiger partial charge in [-0.2, -0.15) is 0 Å². The van der Waals surface area contributed by atoms with E-state index < -0.39 is 0 Å². The van der Waals surface area contributed by atoms with Crippen LogP contribution in [0.3, 0.4) is 0 Å². The molecule has 2 N–H and O–H groups in total. The molecule has 2 rings (SSSR count). The van der Waals surface area contributed by atoms with Crippen LogP contribution in [0.25, 0.3) is 0 Å². The van der Waals surface area contributed by atoms with Crippen molar-refractivity contribution >= 4 is 0 Å². The average molecular weight is 254 g/mol. The van der Waals surface area contributed by atoms with Crippen molar-refractivity contribution in [3.63, 3.8) is 0 Å². The zero-order valence-electron chi connectivity index (χ0n) is 12.2. The van der Waals surface area contributed by atoms with Gasteiger partial charge in [0.1, 0.15) is 0 Å². The molecule has 0 aliphatic carbocycles. The van der Waals surface area contributed by atoms with Crippen LogP contribution in [-0.2, 0) is 6.42 Å². The molecule has 1 atom stereocenters. The molecule has 2 aromatic rings. The average Bonchev–Trinajstić information content (AvgIpc) is 2.33. The summed E-state index contributed by atoms with van der Waals surface area (Å²) in [6.07, 6.45) is 0.854. The maximum absolute atomic E-state index is 6.33. The highest BCUT2D eigenvalue weighted by Gasteiger charge is 2.11. The molecule has 0 spiro atoms. The number of nitrogens with zero attached hydrogens (tertiary/aromatic N) is 1. The number of aromatic nitrogens is 1. The molecule has 0 saturated carbocycles. The summed E-state index contributed by atoms with van der Waals surface area (Å²) in [5.41, 5.74) is 13.5. The van der Waals surface area contributed by atoms with Crippen molar-refractivity contribution in [3.05, 3.63) is 64.0 Å². The molecule has 1 heterocycles. The monoisotopic (exact) mass is 254 g/mol. The van der Waals surface area contributed by atoms with Crippen LogP contribution in [0, 0.1) is 27.7 Å². The summed E-state index contributed by atoms with van der Waals surface area (Å²) in [5.74, 6) is 0. The molecule has 0 fully saturated rings. The first-order valence-corrected chi connectivity index (χ1v) is 6.73. The number of hydrogen-bond donors (Lipinski definition) is 1. The predicted octanol–water partition coefficient (Wildman–Crippen LogP) is 3.56. The van der Waals surface area contributed by atoms with Gasteiger partial charge in [0.25, 0.3) is 0 Å². The van der Waals surface area contributed by atoms with Crippen molar-refractivity contribution in [3.8, 4) is 0 Å². The van der Waals surface area contributed by atoms with E-state index in [4.69, 9.17) is 5.73 Å². The van der Waals surface area contributed by atoms with E-state index in [0.717, 1.165) is 23.4 Å². The minimum atomic E-state index is 0.00945. The normalized spacial score (nSPS) is 12.5. The molecular weight excluding hydrogens is 232 g/mol. The lowest BCUT2D eigenvalue weighted by atomic mass is 9.96. The number of hydrogen-bond acceptors (Lipinski definition) is 2. The summed E-state index contributed by atoms with van der Waals surface area (Å²) in [6.45, 7) is 8.31. The second-order valence-corrected chi connectivity index (χ2v) is 5.36. The van der Waals surface area contributed by atoms with Crippen LogP contribution in [0.15, 0.2) is 30.3 Å². The van der Waals surface area contributed by atoms with Gasteiger partial charge in [0, 0.05) is 17.4 Å². The second-order valence-electron chi connectivity index (χ2n) is 5.36. The van der Waals surface area contributed by atoms with Gasteiger partial charge in [-0.1, -0.05) is 24.3 Å². The van der Waals surface area contributed by atoms with E-state index in [0.29, 0.717) is 0 Å². The van der Waals surface area contributed by atoms with Crippen molar-refractivity contribution in [2.24, 2.45) is 5.73 Å². The minimum absolute atomic E-state index is 0.00945. The molecule has 0 radical (unpaired) electrons. The summed E-state index contributed by atoms with van der Waals surface area (Å²) >= 11 is 0. The lowest BCUT2D eigenvalue weighted by molar-refractivity contribution is 0.709. The smallest absolute Gasteiger partial charge is 0.0423 e. The standard InChI is InChI=1S/C17H22N2/c1-11-5-7-15(9-12(11)2)10-17(18)16-8-6-13(3)19-14(16)4/h5-9,17H,10,18H2,1-4H3. The SMILES string of the molecule is Cc1ccc(C(N)Cc2ccc(C)c(C)c2)c(C)n1. The van der Waals surface area contributed by atoms with E-state index in [-0.39, 0.29) is 6.04 Å². The molecule has 100 valence electrons. The Morgan fingerprint density at radius 3 is 2.37 bits per heavy atom. The van der Waals surface area contributed by atoms with E-state index in [1.807, 2.05) is 19.9 Å². The topological polar surface area (TPSA) is 38.9 Å². The predicted molar refractivity (Wildman–Crippen MR) is 80.3 cm³/mol. The van der Waals surface area contributed by atoms with Crippen molar-refractivity contribution in [1.82, 2.24) is 4.98 Å². The zero-order valence-corrected chi connectivity index (χ0v) is 12.2. The summed E-state index contributed by atoms with van der Waals surface area (Å²) in [7, 11) is 0. The van der Waals surface area contributed by atoms with E-state index in [1.54, 1.807) is 0 Å².